The number of pyridine rings is 1. The Labute approximate surface area is 219 Å². The van der Waals surface area contributed by atoms with E-state index in [2.05, 4.69) is 5.32 Å². The van der Waals surface area contributed by atoms with Crippen molar-refractivity contribution < 1.29 is 19.1 Å². The molecule has 7 nitrogen and oxygen atoms in total. The molecule has 8 heteroatoms. The number of aromatic nitrogens is 1. The third-order valence-corrected chi connectivity index (χ3v) is 6.69. The predicted molar refractivity (Wildman–Crippen MR) is 144 cm³/mol. The molecule has 1 N–H and O–H groups in total. The molecule has 3 aromatic carbocycles. The highest BCUT2D eigenvalue weighted by Crippen LogP contribution is 2.25. The lowest BCUT2D eigenvalue weighted by molar-refractivity contribution is -0.142. The number of carbonyl (C=O) groups excluding carboxylic acids is 2. The topological polar surface area (TPSA) is 86.6 Å². The zero-order chi connectivity index (χ0) is 26.7. The number of amides is 1. The minimum atomic E-state index is -0.917. The van der Waals surface area contributed by atoms with Crippen LogP contribution in [0.1, 0.15) is 21.5 Å². The van der Waals surface area contributed by atoms with Crippen molar-refractivity contribution in [1.82, 2.24) is 9.88 Å². The number of benzene rings is 3. The summed E-state index contributed by atoms with van der Waals surface area (Å²) in [5.74, 6) is -0.319. The molecule has 0 saturated carbocycles. The van der Waals surface area contributed by atoms with E-state index in [1.165, 1.54) is 7.11 Å². The van der Waals surface area contributed by atoms with Crippen LogP contribution in [0.5, 0.6) is 5.75 Å². The molecule has 37 heavy (non-hydrogen) atoms. The Hall–Kier alpha value is -4.10. The van der Waals surface area contributed by atoms with Crippen LogP contribution in [0.25, 0.3) is 22.0 Å². The molecule has 4 aromatic rings. The third-order valence-electron chi connectivity index (χ3n) is 6.38. The lowest BCUT2D eigenvalue weighted by Gasteiger charge is -2.18. The maximum absolute atomic E-state index is 13.1. The highest BCUT2D eigenvalue weighted by Gasteiger charge is 2.24. The van der Waals surface area contributed by atoms with Gasteiger partial charge in [0, 0.05) is 24.4 Å². The molecule has 0 aliphatic carbocycles. The van der Waals surface area contributed by atoms with Gasteiger partial charge in [0.25, 0.3) is 11.5 Å². The number of nitrogens with zero attached hydrogens (tertiary/aromatic N) is 1. The number of aryl methyl sites for hydroxylation is 2. The lowest BCUT2D eigenvalue weighted by Crippen LogP contribution is -2.43. The van der Waals surface area contributed by atoms with E-state index in [1.807, 2.05) is 48.5 Å². The van der Waals surface area contributed by atoms with E-state index in [0.717, 1.165) is 22.0 Å². The molecule has 0 saturated heterocycles. The van der Waals surface area contributed by atoms with E-state index in [1.54, 1.807) is 43.8 Å². The monoisotopic (exact) mass is 518 g/mol. The molecule has 1 aromatic heterocycles. The largest absolute Gasteiger partial charge is 0.497 e. The predicted octanol–water partition coefficient (Wildman–Crippen LogP) is 4.69. The molecular formula is C29H27ClN2O5. The molecule has 4 rings (SSSR count). The number of hydrogen-bond acceptors (Lipinski definition) is 5. The van der Waals surface area contributed by atoms with Gasteiger partial charge >= 0.3 is 5.97 Å². The number of methoxy groups -OCH3 is 2. The summed E-state index contributed by atoms with van der Waals surface area (Å²) in [6.07, 6.45) is 0.203. The summed E-state index contributed by atoms with van der Waals surface area (Å²) in [5.41, 5.74) is 3.76. The maximum Gasteiger partial charge on any atom is 0.328 e. The van der Waals surface area contributed by atoms with Crippen LogP contribution >= 0.6 is 11.6 Å². The number of esters is 1. The minimum Gasteiger partial charge on any atom is -0.497 e. The highest BCUT2D eigenvalue weighted by atomic mass is 35.5. The Balaban J connectivity index is 1.60. The van der Waals surface area contributed by atoms with Crippen LogP contribution in [0.4, 0.5) is 0 Å². The summed E-state index contributed by atoms with van der Waals surface area (Å²) >= 11 is 6.22. The fourth-order valence-corrected chi connectivity index (χ4v) is 4.64. The van der Waals surface area contributed by atoms with Gasteiger partial charge in [0.2, 0.25) is 0 Å². The Morgan fingerprint density at radius 2 is 1.76 bits per heavy atom. The van der Waals surface area contributed by atoms with Crippen LogP contribution in [-0.4, -0.2) is 36.7 Å². The highest BCUT2D eigenvalue weighted by molar-refractivity contribution is 6.34. The van der Waals surface area contributed by atoms with E-state index >= 15 is 0 Å². The molecule has 0 bridgehead atoms. The number of hydrogen-bond donors (Lipinski definition) is 1. The summed E-state index contributed by atoms with van der Waals surface area (Å²) in [6.45, 7) is 1.78. The van der Waals surface area contributed by atoms with Gasteiger partial charge in [-0.1, -0.05) is 48.0 Å². The number of fused-ring (bicyclic) bond motifs is 1. The van der Waals surface area contributed by atoms with E-state index in [9.17, 15) is 14.4 Å². The maximum atomic E-state index is 13.1. The van der Waals surface area contributed by atoms with Crippen molar-refractivity contribution in [2.24, 2.45) is 7.05 Å². The first-order valence-electron chi connectivity index (χ1n) is 11.6. The van der Waals surface area contributed by atoms with Gasteiger partial charge in [0.1, 0.15) is 11.8 Å². The third kappa shape index (κ3) is 5.37. The average Bonchev–Trinajstić information content (AvgIpc) is 2.90. The average molecular weight is 519 g/mol. The van der Waals surface area contributed by atoms with Gasteiger partial charge < -0.3 is 19.4 Å². The standard InChI is InChI=1S/C29H27ClN2O5/c1-17-6-5-7-23(30)26(17)27(33)31-24(29(35)37-4)14-18-8-10-19(11-9-18)22-16-20-15-21(36-3)12-13-25(20)32(2)28(22)34/h5-13,15-16,24H,14H2,1-4H3,(H,31,33)/t24-/m0/s1. The normalized spacial score (nSPS) is 11.7. The van der Waals surface area contributed by atoms with Crippen LogP contribution in [0.3, 0.4) is 0 Å². The molecule has 1 heterocycles. The van der Waals surface area contributed by atoms with E-state index < -0.39 is 17.9 Å². The van der Waals surface area contributed by atoms with Gasteiger partial charge in [-0.3, -0.25) is 9.59 Å². The first-order valence-corrected chi connectivity index (χ1v) is 12.0. The molecule has 0 aliphatic rings. The van der Waals surface area contributed by atoms with E-state index in [-0.39, 0.29) is 12.0 Å². The van der Waals surface area contributed by atoms with Gasteiger partial charge in [0.05, 0.1) is 30.3 Å². The van der Waals surface area contributed by atoms with Gasteiger partial charge in [-0.2, -0.15) is 0 Å². The number of carbonyl (C=O) groups is 2. The van der Waals surface area contributed by atoms with Gasteiger partial charge in [0.15, 0.2) is 0 Å². The number of halogens is 1. The first-order chi connectivity index (χ1) is 17.7. The molecule has 1 atom stereocenters. The van der Waals surface area contributed by atoms with E-state index in [4.69, 9.17) is 21.1 Å². The summed E-state index contributed by atoms with van der Waals surface area (Å²) in [4.78, 5) is 38.4. The van der Waals surface area contributed by atoms with Crippen molar-refractivity contribution in [3.8, 4) is 16.9 Å². The van der Waals surface area contributed by atoms with E-state index in [0.29, 0.717) is 27.5 Å². The summed E-state index contributed by atoms with van der Waals surface area (Å²) < 4.78 is 11.9. The zero-order valence-corrected chi connectivity index (χ0v) is 21.8. The summed E-state index contributed by atoms with van der Waals surface area (Å²) in [7, 11) is 4.61. The molecule has 0 spiro atoms. The van der Waals surface area contributed by atoms with Crippen LogP contribution in [0, 0.1) is 6.92 Å². The summed E-state index contributed by atoms with van der Waals surface area (Å²) in [5, 5.41) is 3.93. The molecular weight excluding hydrogens is 492 g/mol. The van der Waals surface area contributed by atoms with Crippen LogP contribution in [0.15, 0.2) is 71.5 Å². The first kappa shape index (κ1) is 26.0. The van der Waals surface area contributed by atoms with Gasteiger partial charge in [-0.15, -0.1) is 0 Å². The Kier molecular flexibility index (Phi) is 7.64. The minimum absolute atomic E-state index is 0.125. The SMILES string of the molecule is COC(=O)[C@H](Cc1ccc(-c2cc3cc(OC)ccc3n(C)c2=O)cc1)NC(=O)c1c(C)cccc1Cl. The Bertz CT molecular complexity index is 1520. The van der Waals surface area contributed by atoms with Crippen molar-refractivity contribution in [3.63, 3.8) is 0 Å². The van der Waals surface area contributed by atoms with Crippen LogP contribution in [-0.2, 0) is 23.0 Å². The lowest BCUT2D eigenvalue weighted by atomic mass is 9.99. The molecule has 190 valence electrons. The Morgan fingerprint density at radius 1 is 1.03 bits per heavy atom. The van der Waals surface area contributed by atoms with Crippen molar-refractivity contribution in [3.05, 3.63) is 98.8 Å². The van der Waals surface area contributed by atoms with Crippen molar-refractivity contribution in [2.75, 3.05) is 14.2 Å². The molecule has 1 amide bonds. The second-order valence-electron chi connectivity index (χ2n) is 8.73. The van der Waals surface area contributed by atoms with Crippen molar-refractivity contribution in [2.45, 2.75) is 19.4 Å². The number of ether oxygens (including phenoxy) is 2. The zero-order valence-electron chi connectivity index (χ0n) is 21.0. The van der Waals surface area contributed by atoms with Gasteiger partial charge in [-0.05, 0) is 53.9 Å². The Morgan fingerprint density at radius 3 is 2.41 bits per heavy atom. The van der Waals surface area contributed by atoms with Crippen molar-refractivity contribution >= 4 is 34.4 Å². The molecule has 0 radical (unpaired) electrons. The molecule has 0 fully saturated rings. The fourth-order valence-electron chi connectivity index (χ4n) is 4.34. The molecule has 0 unspecified atom stereocenters. The quantitative estimate of drug-likeness (QED) is 0.359. The second kappa shape index (κ2) is 10.9. The van der Waals surface area contributed by atoms with Gasteiger partial charge in [-0.25, -0.2) is 4.79 Å². The molecule has 0 aliphatic heterocycles. The summed E-state index contributed by atoms with van der Waals surface area (Å²) in [6, 6.07) is 19.0. The second-order valence-corrected chi connectivity index (χ2v) is 9.14. The van der Waals surface area contributed by atoms with Crippen LogP contribution < -0.4 is 15.6 Å². The fraction of sp³-hybridized carbons (Fsp3) is 0.207. The van der Waals surface area contributed by atoms with Crippen LogP contribution in [0.2, 0.25) is 5.02 Å². The smallest absolute Gasteiger partial charge is 0.328 e. The number of nitrogens with one attached hydrogen (secondary N) is 1. The number of rotatable bonds is 7. The van der Waals surface area contributed by atoms with Crippen molar-refractivity contribution in [1.29, 1.82) is 0 Å².